The fourth-order valence-corrected chi connectivity index (χ4v) is 8.21. The molecule has 2 aliphatic rings. The van der Waals surface area contributed by atoms with E-state index in [9.17, 15) is 50.0 Å². The molecule has 24 nitrogen and oxygen atoms in total. The first-order chi connectivity index (χ1) is 38.8. The van der Waals surface area contributed by atoms with Crippen LogP contribution in [0.5, 0.6) is 5.75 Å². The Morgan fingerprint density at radius 1 is 0.667 bits per heavy atom. The SMILES string of the molecule is CCCN(OCC)C(=O)C1=Cc2ccc(C3(C)C(=O)CN(C(=O)CCOCCOCCOCCOCCOCCOCCOCCOCCOCCOCCC(=O)Oc4c(F)c(F)c(S(=O)(=O)O)c(F)c4F)CC3=O)cc2N=C(N)C1. The molecule has 0 saturated carbocycles. The Kier molecular flexibility index (Phi) is 30.5. The normalized spacial score (nSPS) is 14.4. The van der Waals surface area contributed by atoms with Gasteiger partial charge in [-0.2, -0.15) is 17.2 Å². The molecule has 3 N–H and O–H groups in total. The maximum absolute atomic E-state index is 14.0. The molecular formula is C52H72F4N4O20S. The second-order valence-corrected chi connectivity index (χ2v) is 19.1. The van der Waals surface area contributed by atoms with Crippen LogP contribution in [0.4, 0.5) is 23.2 Å². The van der Waals surface area contributed by atoms with E-state index in [-0.39, 0.29) is 96.4 Å². The number of ether oxygens (including phenoxy) is 11. The van der Waals surface area contributed by atoms with E-state index < -0.39 is 73.4 Å². The summed E-state index contributed by atoms with van der Waals surface area (Å²) in [6, 6.07) is 5.01. The van der Waals surface area contributed by atoms with Gasteiger partial charge in [0.25, 0.3) is 5.91 Å². The molecule has 0 unspecified atom stereocenters. The second-order valence-electron chi connectivity index (χ2n) is 17.8. The zero-order chi connectivity index (χ0) is 59.2. The van der Waals surface area contributed by atoms with Crippen molar-refractivity contribution < 1.29 is 111 Å². The number of hydroxylamine groups is 2. The number of carbonyl (C=O) groups excluding carboxylic acids is 5. The lowest BCUT2D eigenvalue weighted by Crippen LogP contribution is -2.57. The first kappa shape index (κ1) is 68.1. The van der Waals surface area contributed by atoms with Gasteiger partial charge in [0.15, 0.2) is 28.1 Å². The van der Waals surface area contributed by atoms with Crippen molar-refractivity contribution in [1.29, 1.82) is 0 Å². The number of hydrogen-bond acceptors (Lipinski definition) is 21. The van der Waals surface area contributed by atoms with Gasteiger partial charge in [-0.3, -0.25) is 33.4 Å². The van der Waals surface area contributed by atoms with Crippen LogP contribution in [0.1, 0.15) is 57.6 Å². The third kappa shape index (κ3) is 22.4. The van der Waals surface area contributed by atoms with Crippen LogP contribution in [0.25, 0.3) is 6.08 Å². The van der Waals surface area contributed by atoms with Gasteiger partial charge in [-0.05, 0) is 38.0 Å². The van der Waals surface area contributed by atoms with Crippen LogP contribution in [0, 0.1) is 23.3 Å². The Balaban J connectivity index is 0.889. The number of aliphatic imine (C=N–C) groups is 1. The van der Waals surface area contributed by atoms with E-state index in [2.05, 4.69) is 9.73 Å². The number of rotatable bonds is 41. The number of esters is 1. The number of carbonyl (C=O) groups is 5. The fourth-order valence-electron chi connectivity index (χ4n) is 7.58. The Morgan fingerprint density at radius 3 is 1.49 bits per heavy atom. The van der Waals surface area contributed by atoms with Gasteiger partial charge >= 0.3 is 16.1 Å². The maximum atomic E-state index is 14.0. The van der Waals surface area contributed by atoms with Crippen LogP contribution in [0.2, 0.25) is 0 Å². The topological polar surface area (TPSA) is 295 Å². The Bertz CT molecular complexity index is 2510. The molecule has 0 atom stereocenters. The molecule has 2 aromatic carbocycles. The van der Waals surface area contributed by atoms with Crippen molar-refractivity contribution in [2.75, 3.05) is 158 Å². The van der Waals surface area contributed by atoms with Crippen LogP contribution in [0.15, 0.2) is 33.7 Å². The number of benzene rings is 2. The Labute approximate surface area is 467 Å². The zero-order valence-corrected chi connectivity index (χ0v) is 46.5. The minimum absolute atomic E-state index is 0.00895. The molecule has 81 heavy (non-hydrogen) atoms. The Hall–Kier alpha value is -5.41. The number of likely N-dealkylation sites (tertiary alicyclic amines) is 1. The highest BCUT2D eigenvalue weighted by Gasteiger charge is 2.48. The third-order valence-corrected chi connectivity index (χ3v) is 12.7. The van der Waals surface area contributed by atoms with Crippen molar-refractivity contribution in [1.82, 2.24) is 9.96 Å². The zero-order valence-electron chi connectivity index (χ0n) is 45.7. The minimum Gasteiger partial charge on any atom is -0.420 e. The van der Waals surface area contributed by atoms with Crippen LogP contribution in [-0.2, 0) is 91.7 Å². The van der Waals surface area contributed by atoms with Crippen molar-refractivity contribution in [2.45, 2.75) is 56.8 Å². The summed E-state index contributed by atoms with van der Waals surface area (Å²) in [6.45, 7) is 10.6. The lowest BCUT2D eigenvalue weighted by Gasteiger charge is -2.37. The van der Waals surface area contributed by atoms with Gasteiger partial charge in [-0.25, -0.2) is 18.8 Å². The molecule has 4 rings (SSSR count). The molecule has 1 fully saturated rings. The van der Waals surface area contributed by atoms with E-state index in [1.165, 1.54) is 9.96 Å². The van der Waals surface area contributed by atoms with E-state index in [1.54, 1.807) is 38.1 Å². The molecule has 0 bridgehead atoms. The van der Waals surface area contributed by atoms with Gasteiger partial charge in [0, 0.05) is 24.1 Å². The molecular weight excluding hydrogens is 1110 g/mol. The average molecular weight is 1180 g/mol. The second kappa shape index (κ2) is 36.2. The standard InChI is InChI=1S/C52H72F4N4O20S/c1-4-10-60(79-5-2)51(65)37-31-36-6-7-38(33-39(36)58-42(57)32-37)52(3)40(61)34-59(35-41(52)62)43(63)8-11-69-13-15-71-17-19-73-21-23-75-25-27-77-29-30-78-28-26-76-24-22-74-20-18-72-16-14-70-12-9-44(64)80-49-45(53)47(55)50(81(66,67)68)48(56)46(49)54/h6-7,31,33H,4-5,8-30,32,34-35H2,1-3H3,(H2,57,58)(H,66,67,68). The number of ketones is 2. The van der Waals surface area contributed by atoms with E-state index >= 15 is 0 Å². The van der Waals surface area contributed by atoms with Gasteiger partial charge in [0.1, 0.15) is 11.3 Å². The molecule has 1 saturated heterocycles. The van der Waals surface area contributed by atoms with Gasteiger partial charge in [-0.15, -0.1) is 0 Å². The van der Waals surface area contributed by atoms with E-state index in [0.717, 1.165) is 0 Å². The summed E-state index contributed by atoms with van der Waals surface area (Å²) in [4.78, 5) is 74.3. The summed E-state index contributed by atoms with van der Waals surface area (Å²) in [5, 5.41) is 1.31. The first-order valence-electron chi connectivity index (χ1n) is 26.1. The number of halogens is 4. The van der Waals surface area contributed by atoms with Gasteiger partial charge < -0.3 is 62.7 Å². The average Bonchev–Trinajstić information content (AvgIpc) is 3.68. The molecule has 2 amide bonds. The molecule has 0 aromatic heterocycles. The fraction of sp³-hybridized carbons (Fsp3) is 0.615. The van der Waals surface area contributed by atoms with Crippen molar-refractivity contribution >= 4 is 57.1 Å². The molecule has 29 heteroatoms. The van der Waals surface area contributed by atoms with Crippen LogP contribution >= 0.6 is 0 Å². The van der Waals surface area contributed by atoms with E-state index in [4.69, 9.17) is 62.5 Å². The highest BCUT2D eigenvalue weighted by molar-refractivity contribution is 7.85. The first-order valence-corrected chi connectivity index (χ1v) is 27.6. The smallest absolute Gasteiger partial charge is 0.313 e. The lowest BCUT2D eigenvalue weighted by atomic mass is 9.72. The monoisotopic (exact) mass is 1180 g/mol. The van der Waals surface area contributed by atoms with Crippen molar-refractivity contribution in [2.24, 2.45) is 10.7 Å². The number of nitrogens with two attached hydrogens (primary N) is 1. The minimum atomic E-state index is -5.66. The number of fused-ring (bicyclic) bond motifs is 1. The molecule has 0 spiro atoms. The number of piperidine rings is 1. The van der Waals surface area contributed by atoms with Gasteiger partial charge in [-0.1, -0.05) is 19.1 Å². The molecule has 454 valence electrons. The number of nitrogens with zero attached hydrogens (tertiary/aromatic N) is 3. The van der Waals surface area contributed by atoms with Crippen molar-refractivity contribution in [3.63, 3.8) is 0 Å². The number of amidine groups is 1. The summed E-state index contributed by atoms with van der Waals surface area (Å²) in [5.41, 5.74) is 6.55. The summed E-state index contributed by atoms with van der Waals surface area (Å²) < 4.78 is 145. The molecule has 0 radical (unpaired) electrons. The highest BCUT2D eigenvalue weighted by atomic mass is 32.2. The molecule has 2 aliphatic heterocycles. The highest BCUT2D eigenvalue weighted by Crippen LogP contribution is 2.37. The van der Waals surface area contributed by atoms with Crippen LogP contribution < -0.4 is 10.5 Å². The number of Topliss-reactive ketones (excluding diaryl/α,β-unsaturated/α-hetero) is 2. The van der Waals surface area contributed by atoms with Gasteiger partial charge in [0.2, 0.25) is 23.3 Å². The number of amides is 2. The summed E-state index contributed by atoms with van der Waals surface area (Å²) in [6.07, 6.45) is 1.88. The predicted octanol–water partition coefficient (Wildman–Crippen LogP) is 3.25. The van der Waals surface area contributed by atoms with Crippen molar-refractivity contribution in [3.05, 3.63) is 58.2 Å². The summed E-state index contributed by atoms with van der Waals surface area (Å²) in [7, 11) is -5.66. The summed E-state index contributed by atoms with van der Waals surface area (Å²) >= 11 is 0. The molecule has 0 aliphatic carbocycles. The van der Waals surface area contributed by atoms with Crippen LogP contribution in [-0.4, -0.2) is 216 Å². The van der Waals surface area contributed by atoms with Crippen LogP contribution in [0.3, 0.4) is 0 Å². The third-order valence-electron chi connectivity index (χ3n) is 11.8. The van der Waals surface area contributed by atoms with E-state index in [1.807, 2.05) is 6.92 Å². The predicted molar refractivity (Wildman–Crippen MR) is 277 cm³/mol. The molecule has 2 aromatic rings. The van der Waals surface area contributed by atoms with E-state index in [0.29, 0.717) is 121 Å². The molecule has 2 heterocycles. The Morgan fingerprint density at radius 2 is 1.09 bits per heavy atom. The maximum Gasteiger partial charge on any atom is 0.313 e. The summed E-state index contributed by atoms with van der Waals surface area (Å²) in [5.74, 6) is -14.1. The van der Waals surface area contributed by atoms with Crippen molar-refractivity contribution in [3.8, 4) is 5.75 Å². The van der Waals surface area contributed by atoms with Gasteiger partial charge in [0.05, 0.1) is 170 Å². The largest absolute Gasteiger partial charge is 0.420 e. The lowest BCUT2D eigenvalue weighted by molar-refractivity contribution is -0.180. The quantitative estimate of drug-likeness (QED) is 0.0141. The number of hydrogen-bond donors (Lipinski definition) is 2.